The van der Waals surface area contributed by atoms with Gasteiger partial charge in [0.2, 0.25) is 0 Å². The number of benzene rings is 1. The van der Waals surface area contributed by atoms with Crippen molar-refractivity contribution >= 4 is 30.8 Å². The van der Waals surface area contributed by atoms with Crippen molar-refractivity contribution in [3.05, 3.63) is 53.4 Å². The predicted molar refractivity (Wildman–Crippen MR) is 219 cm³/mol. The smallest absolute Gasteiger partial charge is 0.402 e. The van der Waals surface area contributed by atoms with E-state index in [1.165, 1.54) is 103 Å². The SMILES string of the molecule is CCCCCCCCCCCCCCCCCCCCOP(=O)(OC[C@@](C)(CC)[C@H]1OC(C)(C)O[C@H]1c1ccc2c(N)ncnn12)Oc1ccccc1Cl. The summed E-state index contributed by atoms with van der Waals surface area (Å²) < 4.78 is 47.2. The van der Waals surface area contributed by atoms with Crippen molar-refractivity contribution in [2.24, 2.45) is 5.41 Å². The number of nitrogens with two attached hydrogens (primary N) is 1. The number of unbranched alkanes of at least 4 members (excludes halogenated alkanes) is 17. The molecule has 12 heteroatoms. The molecule has 0 bridgehead atoms. The second-order valence-electron chi connectivity index (χ2n) is 15.8. The Bertz CT molecular complexity index is 1570. The molecular weight excluding hydrogens is 723 g/mol. The molecule has 0 saturated carbocycles. The van der Waals surface area contributed by atoms with Gasteiger partial charge >= 0.3 is 7.82 Å². The lowest BCUT2D eigenvalue weighted by atomic mass is 9.79. The molecule has 54 heavy (non-hydrogen) atoms. The zero-order valence-electron chi connectivity index (χ0n) is 33.7. The quantitative estimate of drug-likeness (QED) is 0.0566. The first kappa shape index (κ1) is 44.5. The Labute approximate surface area is 330 Å². The van der Waals surface area contributed by atoms with Crippen LogP contribution >= 0.6 is 19.4 Å². The number of aromatic nitrogens is 3. The maximum Gasteiger partial charge on any atom is 0.530 e. The Kier molecular flexibility index (Phi) is 18.6. The number of rotatable bonds is 28. The first-order valence-corrected chi connectivity index (χ1v) is 22.6. The Morgan fingerprint density at radius 2 is 1.41 bits per heavy atom. The third-order valence-electron chi connectivity index (χ3n) is 10.7. The fourth-order valence-corrected chi connectivity index (χ4v) is 8.81. The molecule has 0 radical (unpaired) electrons. The van der Waals surface area contributed by atoms with E-state index >= 15 is 0 Å². The van der Waals surface area contributed by atoms with Crippen LogP contribution in [0.3, 0.4) is 0 Å². The van der Waals surface area contributed by atoms with E-state index in [9.17, 15) is 4.57 Å². The van der Waals surface area contributed by atoms with Gasteiger partial charge in [-0.3, -0.25) is 9.05 Å². The minimum absolute atomic E-state index is 0.0192. The first-order chi connectivity index (χ1) is 26.0. The van der Waals surface area contributed by atoms with Gasteiger partial charge in [-0.25, -0.2) is 14.1 Å². The molecule has 1 unspecified atom stereocenters. The van der Waals surface area contributed by atoms with Crippen LogP contribution in [0.15, 0.2) is 42.7 Å². The topological polar surface area (TPSA) is 119 Å². The van der Waals surface area contributed by atoms with E-state index in [-0.39, 0.29) is 19.0 Å². The van der Waals surface area contributed by atoms with E-state index in [4.69, 9.17) is 40.4 Å². The largest absolute Gasteiger partial charge is 0.530 e. The van der Waals surface area contributed by atoms with Crippen LogP contribution < -0.4 is 10.3 Å². The molecule has 3 aromatic rings. The number of hydrogen-bond donors (Lipinski definition) is 1. The average molecular weight is 791 g/mol. The summed E-state index contributed by atoms with van der Waals surface area (Å²) in [5, 5.41) is 4.76. The third-order valence-corrected chi connectivity index (χ3v) is 12.4. The third kappa shape index (κ3) is 13.8. The molecule has 0 amide bonds. The van der Waals surface area contributed by atoms with E-state index < -0.39 is 31.2 Å². The standard InChI is InChI=1S/C42H68ClN4O6P/c1-6-8-9-10-11-12-13-14-15-16-17-18-19-20-21-22-23-26-31-49-54(48,53-37-28-25-24-27-34(37)43)50-32-42(5,7-2)39-38(51-41(3,4)52-39)35-29-30-36-40(44)45-33-46-47(35)36/h24-25,27-30,33,38-39H,6-23,26,31-32H2,1-5H3,(H2,44,45,46)/t38-,39-,42+,54?/m0/s1. The molecule has 1 aliphatic rings. The van der Waals surface area contributed by atoms with Crippen LogP contribution in [0.5, 0.6) is 5.75 Å². The lowest BCUT2D eigenvalue weighted by Gasteiger charge is -2.36. The Morgan fingerprint density at radius 1 is 0.833 bits per heavy atom. The normalized spacial score (nSPS) is 19.2. The number of hydrogen-bond acceptors (Lipinski definition) is 9. The summed E-state index contributed by atoms with van der Waals surface area (Å²) in [6.45, 7) is 10.4. The molecule has 1 saturated heterocycles. The van der Waals surface area contributed by atoms with E-state index in [0.717, 1.165) is 25.0 Å². The highest BCUT2D eigenvalue weighted by molar-refractivity contribution is 7.48. The van der Waals surface area contributed by atoms with Gasteiger partial charge in [-0.1, -0.05) is 154 Å². The molecule has 1 fully saturated rings. The number of ether oxygens (including phenoxy) is 2. The minimum atomic E-state index is -4.09. The fraction of sp³-hybridized carbons (Fsp3) is 0.714. The van der Waals surface area contributed by atoms with Crippen molar-refractivity contribution in [1.82, 2.24) is 14.6 Å². The summed E-state index contributed by atoms with van der Waals surface area (Å²) >= 11 is 6.42. The van der Waals surface area contributed by atoms with Crippen molar-refractivity contribution in [2.75, 3.05) is 18.9 Å². The lowest BCUT2D eigenvalue weighted by Crippen LogP contribution is -2.40. The van der Waals surface area contributed by atoms with E-state index in [1.54, 1.807) is 28.8 Å². The zero-order valence-corrected chi connectivity index (χ0v) is 35.4. The summed E-state index contributed by atoms with van der Waals surface area (Å²) in [7, 11) is -4.09. The number of phosphoric acid groups is 1. The van der Waals surface area contributed by atoms with Crippen molar-refractivity contribution in [2.45, 2.75) is 175 Å². The van der Waals surface area contributed by atoms with Gasteiger partial charge in [0, 0.05) is 5.41 Å². The zero-order chi connectivity index (χ0) is 38.9. The van der Waals surface area contributed by atoms with Crippen LogP contribution in [-0.4, -0.2) is 39.7 Å². The fourth-order valence-electron chi connectivity index (χ4n) is 7.20. The molecule has 10 nitrogen and oxygen atoms in total. The molecule has 3 heterocycles. The number of nitrogens with zero attached hydrogens (tertiary/aromatic N) is 3. The van der Waals surface area contributed by atoms with Crippen LogP contribution in [0.4, 0.5) is 5.82 Å². The van der Waals surface area contributed by atoms with Crippen LogP contribution in [0.1, 0.15) is 168 Å². The molecule has 0 aliphatic carbocycles. The molecule has 4 atom stereocenters. The highest BCUT2D eigenvalue weighted by Gasteiger charge is 2.52. The molecule has 4 rings (SSSR count). The average Bonchev–Trinajstić information content (AvgIpc) is 3.74. The van der Waals surface area contributed by atoms with Crippen LogP contribution in [0, 0.1) is 5.41 Å². The van der Waals surface area contributed by atoms with Crippen LogP contribution in [0.2, 0.25) is 5.02 Å². The van der Waals surface area contributed by atoms with Gasteiger partial charge in [-0.15, -0.1) is 0 Å². The van der Waals surface area contributed by atoms with Crippen LogP contribution in [-0.2, 0) is 23.1 Å². The highest BCUT2D eigenvalue weighted by atomic mass is 35.5. The van der Waals surface area contributed by atoms with Gasteiger partial charge in [-0.2, -0.15) is 5.10 Å². The highest BCUT2D eigenvalue weighted by Crippen LogP contribution is 2.54. The number of nitrogen functional groups attached to an aromatic ring is 1. The van der Waals surface area contributed by atoms with Gasteiger partial charge in [-0.05, 0) is 51.0 Å². The molecule has 1 aliphatic heterocycles. The molecule has 2 N–H and O–H groups in total. The van der Waals surface area contributed by atoms with Gasteiger partial charge < -0.3 is 19.7 Å². The second kappa shape index (κ2) is 22.5. The molecule has 1 aromatic carbocycles. The first-order valence-electron chi connectivity index (χ1n) is 20.8. The Morgan fingerprint density at radius 3 is 1.98 bits per heavy atom. The van der Waals surface area contributed by atoms with E-state index in [0.29, 0.717) is 22.8 Å². The number of para-hydroxylation sites is 1. The van der Waals surface area contributed by atoms with Gasteiger partial charge in [0.25, 0.3) is 0 Å². The number of fused-ring (bicyclic) bond motifs is 1. The van der Waals surface area contributed by atoms with Gasteiger partial charge in [0.15, 0.2) is 11.6 Å². The Hall–Kier alpha value is -2.20. The lowest BCUT2D eigenvalue weighted by molar-refractivity contribution is -0.160. The summed E-state index contributed by atoms with van der Waals surface area (Å²) in [6, 6.07) is 10.7. The molecular formula is C42H68ClN4O6P. The van der Waals surface area contributed by atoms with E-state index in [1.807, 2.05) is 39.8 Å². The van der Waals surface area contributed by atoms with Gasteiger partial charge in [0.05, 0.1) is 23.9 Å². The van der Waals surface area contributed by atoms with E-state index in [2.05, 4.69) is 17.0 Å². The monoisotopic (exact) mass is 790 g/mol. The minimum Gasteiger partial charge on any atom is -0.402 e. The summed E-state index contributed by atoms with van der Waals surface area (Å²) in [6.07, 6.45) is 24.3. The summed E-state index contributed by atoms with van der Waals surface area (Å²) in [5.41, 5.74) is 6.92. The summed E-state index contributed by atoms with van der Waals surface area (Å²) in [5.74, 6) is -0.276. The van der Waals surface area contributed by atoms with Crippen molar-refractivity contribution in [3.63, 3.8) is 0 Å². The maximum atomic E-state index is 14.3. The molecule has 2 aromatic heterocycles. The number of anilines is 1. The van der Waals surface area contributed by atoms with Gasteiger partial charge in [0.1, 0.15) is 29.8 Å². The number of halogens is 1. The predicted octanol–water partition coefficient (Wildman–Crippen LogP) is 12.8. The second-order valence-corrected chi connectivity index (χ2v) is 17.8. The number of phosphoric ester groups is 1. The van der Waals surface area contributed by atoms with Crippen molar-refractivity contribution < 1.29 is 27.6 Å². The molecule has 304 valence electrons. The maximum absolute atomic E-state index is 14.3. The Balaban J connectivity index is 1.23. The summed E-state index contributed by atoms with van der Waals surface area (Å²) in [4.78, 5) is 4.12. The van der Waals surface area contributed by atoms with Crippen LogP contribution in [0.25, 0.3) is 5.52 Å². The molecule has 0 spiro atoms. The van der Waals surface area contributed by atoms with Crippen molar-refractivity contribution in [1.29, 1.82) is 0 Å². The van der Waals surface area contributed by atoms with Crippen molar-refractivity contribution in [3.8, 4) is 5.75 Å².